The van der Waals surface area contributed by atoms with E-state index in [1.54, 1.807) is 13.0 Å². The lowest BCUT2D eigenvalue weighted by atomic mass is 10.1. The lowest BCUT2D eigenvalue weighted by molar-refractivity contribution is 0.173. The van der Waals surface area contributed by atoms with Gasteiger partial charge in [-0.1, -0.05) is 12.1 Å². The van der Waals surface area contributed by atoms with Gasteiger partial charge in [0.1, 0.15) is 11.5 Å². The minimum Gasteiger partial charge on any atom is -0.466 e. The summed E-state index contributed by atoms with van der Waals surface area (Å²) in [5, 5.41) is 15.4. The summed E-state index contributed by atoms with van der Waals surface area (Å²) in [6, 6.07) is 8.94. The second-order valence-electron chi connectivity index (χ2n) is 5.09. The second kappa shape index (κ2) is 6.45. The first-order chi connectivity index (χ1) is 9.95. The monoisotopic (exact) mass is 288 g/mol. The van der Waals surface area contributed by atoms with Crippen molar-refractivity contribution in [2.75, 3.05) is 11.9 Å². The van der Waals surface area contributed by atoms with Crippen molar-refractivity contribution in [1.29, 1.82) is 0 Å². The number of amides is 2. The molecule has 2 rings (SSSR count). The van der Waals surface area contributed by atoms with Gasteiger partial charge < -0.3 is 20.2 Å². The molecule has 1 aromatic carbocycles. The van der Waals surface area contributed by atoms with Crippen molar-refractivity contribution >= 4 is 11.7 Å². The molecule has 112 valence electrons. The van der Waals surface area contributed by atoms with E-state index in [0.29, 0.717) is 11.3 Å². The fourth-order valence-corrected chi connectivity index (χ4v) is 2.18. The van der Waals surface area contributed by atoms with E-state index >= 15 is 0 Å². The quantitative estimate of drug-likeness (QED) is 0.809. The summed E-state index contributed by atoms with van der Waals surface area (Å²) in [5.41, 5.74) is 2.48. The first-order valence-electron chi connectivity index (χ1n) is 6.82. The summed E-state index contributed by atoms with van der Waals surface area (Å²) >= 11 is 0. The zero-order chi connectivity index (χ0) is 15.4. The molecule has 0 bridgehead atoms. The van der Waals surface area contributed by atoms with Crippen molar-refractivity contribution in [3.8, 4) is 0 Å². The van der Waals surface area contributed by atoms with Crippen molar-refractivity contribution < 1.29 is 14.3 Å². The number of nitrogens with one attached hydrogen (secondary N) is 2. The molecule has 0 aliphatic rings. The van der Waals surface area contributed by atoms with E-state index in [1.807, 2.05) is 38.1 Å². The highest BCUT2D eigenvalue weighted by Gasteiger charge is 2.15. The van der Waals surface area contributed by atoms with Gasteiger partial charge in [-0.25, -0.2) is 4.79 Å². The number of carbonyl (C=O) groups excluding carboxylic acids is 1. The highest BCUT2D eigenvalue weighted by Crippen LogP contribution is 2.20. The third-order valence-corrected chi connectivity index (χ3v) is 3.17. The van der Waals surface area contributed by atoms with E-state index in [9.17, 15) is 9.90 Å². The van der Waals surface area contributed by atoms with Gasteiger partial charge in [0, 0.05) is 17.8 Å². The van der Waals surface area contributed by atoms with Gasteiger partial charge >= 0.3 is 6.03 Å². The van der Waals surface area contributed by atoms with Crippen LogP contribution in [0.4, 0.5) is 10.5 Å². The Hall–Kier alpha value is -2.27. The van der Waals surface area contributed by atoms with Gasteiger partial charge in [-0.3, -0.25) is 0 Å². The van der Waals surface area contributed by atoms with Gasteiger partial charge in [0.15, 0.2) is 0 Å². The third kappa shape index (κ3) is 4.10. The average Bonchev–Trinajstić information content (AvgIpc) is 2.75. The topological polar surface area (TPSA) is 74.5 Å². The molecule has 1 heterocycles. The van der Waals surface area contributed by atoms with Crippen molar-refractivity contribution in [3.63, 3.8) is 0 Å². The summed E-state index contributed by atoms with van der Waals surface area (Å²) in [7, 11) is 0. The number of urea groups is 1. The zero-order valence-corrected chi connectivity index (χ0v) is 12.4. The number of aliphatic hydroxyl groups excluding tert-OH is 1. The molecule has 0 aliphatic carbocycles. The summed E-state index contributed by atoms with van der Waals surface area (Å²) in [5.74, 6) is 1.41. The van der Waals surface area contributed by atoms with Gasteiger partial charge in [-0.15, -0.1) is 0 Å². The van der Waals surface area contributed by atoms with Crippen LogP contribution in [-0.2, 0) is 0 Å². The standard InChI is InChI=1S/C16H20N2O3/c1-10-5-4-6-13(7-10)18-16(20)17-9-15(19)14-8-11(2)21-12(14)3/h4-8,15,19H,9H2,1-3H3,(H2,17,18,20). The Morgan fingerprint density at radius 3 is 2.67 bits per heavy atom. The van der Waals surface area contributed by atoms with E-state index in [0.717, 1.165) is 17.0 Å². The van der Waals surface area contributed by atoms with Crippen molar-refractivity contribution in [2.45, 2.75) is 26.9 Å². The number of rotatable bonds is 4. The summed E-state index contributed by atoms with van der Waals surface area (Å²) in [6.07, 6.45) is -0.786. The van der Waals surface area contributed by atoms with Crippen molar-refractivity contribution in [1.82, 2.24) is 5.32 Å². The molecule has 0 aliphatic heterocycles. The van der Waals surface area contributed by atoms with Gasteiger partial charge in [-0.2, -0.15) is 0 Å². The van der Waals surface area contributed by atoms with Gasteiger partial charge in [-0.05, 0) is 44.5 Å². The van der Waals surface area contributed by atoms with E-state index in [1.165, 1.54) is 0 Å². The minimum atomic E-state index is -0.786. The van der Waals surface area contributed by atoms with Crippen LogP contribution in [0.2, 0.25) is 0 Å². The minimum absolute atomic E-state index is 0.122. The van der Waals surface area contributed by atoms with Crippen LogP contribution in [0.1, 0.15) is 28.8 Å². The molecule has 5 heteroatoms. The lowest BCUT2D eigenvalue weighted by Crippen LogP contribution is -2.32. The molecule has 0 spiro atoms. The lowest BCUT2D eigenvalue weighted by Gasteiger charge is -2.12. The predicted octanol–water partition coefficient (Wildman–Crippen LogP) is 3.06. The molecule has 2 aromatic rings. The molecule has 21 heavy (non-hydrogen) atoms. The first kappa shape index (κ1) is 15.1. The number of hydrogen-bond acceptors (Lipinski definition) is 3. The molecular weight excluding hydrogens is 268 g/mol. The summed E-state index contributed by atoms with van der Waals surface area (Å²) < 4.78 is 5.36. The summed E-state index contributed by atoms with van der Waals surface area (Å²) in [6.45, 7) is 5.69. The van der Waals surface area contributed by atoms with Gasteiger partial charge in [0.25, 0.3) is 0 Å². The molecule has 3 N–H and O–H groups in total. The smallest absolute Gasteiger partial charge is 0.319 e. The van der Waals surface area contributed by atoms with Gasteiger partial charge in [0.2, 0.25) is 0 Å². The van der Waals surface area contributed by atoms with Crippen LogP contribution < -0.4 is 10.6 Å². The number of furan rings is 1. The van der Waals surface area contributed by atoms with Crippen LogP contribution in [0, 0.1) is 20.8 Å². The number of aryl methyl sites for hydroxylation is 3. The number of benzene rings is 1. The Morgan fingerprint density at radius 1 is 1.29 bits per heavy atom. The number of hydrogen-bond donors (Lipinski definition) is 3. The van der Waals surface area contributed by atoms with Gasteiger partial charge in [0.05, 0.1) is 6.10 Å². The van der Waals surface area contributed by atoms with Crippen LogP contribution >= 0.6 is 0 Å². The summed E-state index contributed by atoms with van der Waals surface area (Å²) in [4.78, 5) is 11.8. The number of anilines is 1. The second-order valence-corrected chi connectivity index (χ2v) is 5.09. The normalized spacial score (nSPS) is 12.0. The maximum atomic E-state index is 11.8. The Labute approximate surface area is 124 Å². The third-order valence-electron chi connectivity index (χ3n) is 3.17. The van der Waals surface area contributed by atoms with Crippen LogP contribution in [0.3, 0.4) is 0 Å². The number of carbonyl (C=O) groups is 1. The fraction of sp³-hybridized carbons (Fsp3) is 0.312. The number of aliphatic hydroxyl groups is 1. The molecule has 1 atom stereocenters. The molecule has 0 saturated carbocycles. The maximum Gasteiger partial charge on any atom is 0.319 e. The van der Waals surface area contributed by atoms with E-state index < -0.39 is 6.10 Å². The van der Waals surface area contributed by atoms with Crippen molar-refractivity contribution in [3.05, 3.63) is 53.0 Å². The largest absolute Gasteiger partial charge is 0.466 e. The molecule has 5 nitrogen and oxygen atoms in total. The van der Waals surface area contributed by atoms with Crippen LogP contribution in [0.15, 0.2) is 34.7 Å². The highest BCUT2D eigenvalue weighted by molar-refractivity contribution is 5.89. The Kier molecular flexibility index (Phi) is 4.65. The molecular formula is C16H20N2O3. The molecule has 0 fully saturated rings. The highest BCUT2D eigenvalue weighted by atomic mass is 16.3. The van der Waals surface area contributed by atoms with Crippen LogP contribution in [-0.4, -0.2) is 17.7 Å². The molecule has 2 amide bonds. The Balaban J connectivity index is 1.88. The maximum absolute atomic E-state index is 11.8. The van der Waals surface area contributed by atoms with E-state index in [4.69, 9.17) is 4.42 Å². The Bertz CT molecular complexity index is 634. The molecule has 0 radical (unpaired) electrons. The SMILES string of the molecule is Cc1cccc(NC(=O)NCC(O)c2cc(C)oc2C)c1. The molecule has 0 saturated heterocycles. The van der Waals surface area contributed by atoms with E-state index in [2.05, 4.69) is 10.6 Å². The average molecular weight is 288 g/mol. The van der Waals surface area contributed by atoms with Crippen molar-refractivity contribution in [2.24, 2.45) is 0 Å². The fourth-order valence-electron chi connectivity index (χ4n) is 2.18. The predicted molar refractivity (Wildman–Crippen MR) is 81.3 cm³/mol. The first-order valence-corrected chi connectivity index (χ1v) is 6.82. The molecule has 1 aromatic heterocycles. The Morgan fingerprint density at radius 2 is 2.05 bits per heavy atom. The van der Waals surface area contributed by atoms with E-state index in [-0.39, 0.29) is 12.6 Å². The molecule has 1 unspecified atom stereocenters. The zero-order valence-electron chi connectivity index (χ0n) is 12.4. The van der Waals surface area contributed by atoms with Crippen LogP contribution in [0.5, 0.6) is 0 Å². The van der Waals surface area contributed by atoms with Crippen LogP contribution in [0.25, 0.3) is 0 Å².